The van der Waals surface area contributed by atoms with Crippen LogP contribution in [0.1, 0.15) is 83.1 Å². The summed E-state index contributed by atoms with van der Waals surface area (Å²) < 4.78 is 20.5. The van der Waals surface area contributed by atoms with Crippen LogP contribution in [0.4, 0.5) is 0 Å². The van der Waals surface area contributed by atoms with Crippen LogP contribution in [0.2, 0.25) is 0 Å². The Bertz CT molecular complexity index is 1290. The number of hydrogen-bond acceptors (Lipinski definition) is 7. The van der Waals surface area contributed by atoms with Gasteiger partial charge in [-0.2, -0.15) is 5.10 Å². The molecule has 7 atom stereocenters. The second-order valence-corrected chi connectivity index (χ2v) is 13.6. The number of carbonyl (C=O) groups is 2. The fourth-order valence-electron chi connectivity index (χ4n) is 7.65. The maximum atomic E-state index is 14.9. The molecule has 1 aromatic rings. The van der Waals surface area contributed by atoms with Crippen LogP contribution < -0.4 is 0 Å². The number of esters is 1. The average molecular weight is 541 g/mol. The van der Waals surface area contributed by atoms with E-state index in [4.69, 9.17) is 14.2 Å². The normalized spacial score (nSPS) is 38.9. The molecule has 2 heterocycles. The van der Waals surface area contributed by atoms with Gasteiger partial charge < -0.3 is 19.3 Å². The van der Waals surface area contributed by atoms with Gasteiger partial charge in [0.25, 0.3) is 0 Å². The molecule has 2 fully saturated rings. The number of fused-ring (bicyclic) bond motifs is 3. The van der Waals surface area contributed by atoms with E-state index in [2.05, 4.69) is 25.9 Å². The predicted molar refractivity (Wildman–Crippen MR) is 146 cm³/mol. The Kier molecular flexibility index (Phi) is 6.41. The monoisotopic (exact) mass is 540 g/mol. The van der Waals surface area contributed by atoms with Gasteiger partial charge in [0, 0.05) is 18.7 Å². The Balaban J connectivity index is 1.71. The first-order valence-corrected chi connectivity index (χ1v) is 14.2. The number of ether oxygens (including phenoxy) is 3. The summed E-state index contributed by atoms with van der Waals surface area (Å²) in [6.07, 6.45) is 3.56. The van der Waals surface area contributed by atoms with Crippen LogP contribution >= 0.6 is 0 Å². The Labute approximate surface area is 231 Å². The molecular weight excluding hydrogens is 496 g/mol. The van der Waals surface area contributed by atoms with Crippen molar-refractivity contribution in [3.63, 3.8) is 0 Å². The zero-order valence-corrected chi connectivity index (χ0v) is 25.0. The van der Waals surface area contributed by atoms with Gasteiger partial charge in [-0.25, -0.2) is 4.79 Å². The van der Waals surface area contributed by atoms with Crippen molar-refractivity contribution < 1.29 is 28.9 Å². The van der Waals surface area contributed by atoms with E-state index in [0.717, 1.165) is 18.4 Å². The number of Topliss-reactive ketones (excluding diaryl/α,β-unsaturated/α-hetero) is 1. The Hall–Kier alpha value is -2.29. The Morgan fingerprint density at radius 3 is 2.46 bits per heavy atom. The van der Waals surface area contributed by atoms with Gasteiger partial charge >= 0.3 is 5.97 Å². The van der Waals surface area contributed by atoms with Crippen LogP contribution in [-0.4, -0.2) is 56.8 Å². The van der Waals surface area contributed by atoms with Crippen LogP contribution in [0.15, 0.2) is 23.3 Å². The van der Waals surface area contributed by atoms with Crippen molar-refractivity contribution in [3.8, 4) is 0 Å². The van der Waals surface area contributed by atoms with Crippen LogP contribution in [0, 0.1) is 42.4 Å². The zero-order valence-electron chi connectivity index (χ0n) is 25.0. The number of nitrogens with zero attached hydrogens (tertiary/aromatic N) is 2. The van der Waals surface area contributed by atoms with Gasteiger partial charge in [0.2, 0.25) is 0 Å². The van der Waals surface area contributed by atoms with Gasteiger partial charge in [-0.1, -0.05) is 39.8 Å². The topological polar surface area (TPSA) is 99.9 Å². The number of hydrogen-bond donors (Lipinski definition) is 1. The maximum absolute atomic E-state index is 14.9. The van der Waals surface area contributed by atoms with E-state index >= 15 is 0 Å². The molecule has 1 saturated carbocycles. The molecule has 214 valence electrons. The highest BCUT2D eigenvalue weighted by atomic mass is 16.7. The van der Waals surface area contributed by atoms with E-state index in [1.54, 1.807) is 18.7 Å². The van der Waals surface area contributed by atoms with Crippen molar-refractivity contribution in [2.75, 3.05) is 6.61 Å². The molecule has 39 heavy (non-hydrogen) atoms. The summed E-state index contributed by atoms with van der Waals surface area (Å²) in [4.78, 5) is 28.6. The molecule has 1 aliphatic heterocycles. The van der Waals surface area contributed by atoms with E-state index in [1.165, 1.54) is 0 Å². The van der Waals surface area contributed by atoms with Gasteiger partial charge in [-0.15, -0.1) is 0 Å². The molecule has 5 rings (SSSR count). The Morgan fingerprint density at radius 2 is 1.85 bits per heavy atom. The van der Waals surface area contributed by atoms with Crippen LogP contribution in [0.3, 0.4) is 0 Å². The second kappa shape index (κ2) is 8.85. The van der Waals surface area contributed by atoms with Crippen LogP contribution in [-0.2, 0) is 26.1 Å². The number of allylic oxidation sites excluding steroid dienone is 1. The SMILES string of the molecule is CC1=C[C@]23C(=O)[C@@H](C=C4COC(C)(C)O[C@H]4[C@]2(O)[C@H]1OC(=O)c1c(C)nn(C)c1C)[C@H](C)C(C)(C)CC[C@H]3C. The van der Waals surface area contributed by atoms with E-state index in [1.807, 2.05) is 46.8 Å². The van der Waals surface area contributed by atoms with Gasteiger partial charge in [0.15, 0.2) is 23.3 Å². The molecular formula is C31H44N2O6. The van der Waals surface area contributed by atoms with Crippen LogP contribution in [0.25, 0.3) is 0 Å². The number of aliphatic hydroxyl groups is 1. The van der Waals surface area contributed by atoms with Crippen molar-refractivity contribution in [1.82, 2.24) is 9.78 Å². The minimum absolute atomic E-state index is 0.0239. The summed E-state index contributed by atoms with van der Waals surface area (Å²) in [5, 5.41) is 17.5. The summed E-state index contributed by atoms with van der Waals surface area (Å²) in [6.45, 7) is 17.9. The van der Waals surface area contributed by atoms with Gasteiger partial charge in [0.05, 0.1) is 17.7 Å². The fourth-order valence-corrected chi connectivity index (χ4v) is 7.65. The van der Waals surface area contributed by atoms with Crippen molar-refractivity contribution in [2.24, 2.45) is 35.6 Å². The van der Waals surface area contributed by atoms with Crippen LogP contribution in [0.5, 0.6) is 0 Å². The molecule has 2 bridgehead atoms. The third-order valence-corrected chi connectivity index (χ3v) is 10.5. The molecule has 8 heteroatoms. The third kappa shape index (κ3) is 3.85. The lowest BCUT2D eigenvalue weighted by molar-refractivity contribution is -0.303. The largest absolute Gasteiger partial charge is 0.451 e. The maximum Gasteiger partial charge on any atom is 0.342 e. The predicted octanol–water partition coefficient (Wildman–Crippen LogP) is 4.61. The quantitative estimate of drug-likeness (QED) is 0.432. The zero-order chi connectivity index (χ0) is 28.9. The molecule has 1 N–H and O–H groups in total. The van der Waals surface area contributed by atoms with Crippen molar-refractivity contribution >= 4 is 11.8 Å². The lowest BCUT2D eigenvalue weighted by atomic mass is 9.54. The lowest BCUT2D eigenvalue weighted by Crippen LogP contribution is -2.68. The average Bonchev–Trinajstić information content (AvgIpc) is 3.21. The van der Waals surface area contributed by atoms with Gasteiger partial charge in [0.1, 0.15) is 11.7 Å². The minimum atomic E-state index is -1.85. The highest BCUT2D eigenvalue weighted by molar-refractivity contribution is 5.96. The summed E-state index contributed by atoms with van der Waals surface area (Å²) in [5.74, 6) is -2.23. The van der Waals surface area contributed by atoms with E-state index in [9.17, 15) is 14.7 Å². The number of aryl methyl sites for hydroxylation is 2. The molecule has 1 saturated heterocycles. The number of aromatic nitrogens is 2. The number of rotatable bonds is 2. The fraction of sp³-hybridized carbons (Fsp3) is 0.710. The first-order chi connectivity index (χ1) is 18.0. The first kappa shape index (κ1) is 28.2. The molecule has 8 nitrogen and oxygen atoms in total. The Morgan fingerprint density at radius 1 is 1.18 bits per heavy atom. The van der Waals surface area contributed by atoms with Crippen molar-refractivity contribution in [2.45, 2.75) is 98.8 Å². The third-order valence-electron chi connectivity index (χ3n) is 10.5. The molecule has 0 amide bonds. The second-order valence-electron chi connectivity index (χ2n) is 13.6. The highest BCUT2D eigenvalue weighted by Crippen LogP contribution is 2.62. The standard InChI is InChI=1S/C31H44N2O6/c1-16-14-30-17(2)11-12-28(6,7)18(3)22(24(30)34)13-21-15-37-29(8,9)39-26(21)31(30,36)25(16)38-27(35)23-19(4)32-33(10)20(23)5/h13-14,17-18,22,25-26,36H,11-12,15H2,1-10H3/t17-,18+,22+,25+,26-,30+,31-/m1/s1. The number of carbonyl (C=O) groups excluding carboxylic acids is 2. The van der Waals surface area contributed by atoms with Gasteiger partial charge in [-0.3, -0.25) is 9.48 Å². The van der Waals surface area contributed by atoms with Crippen molar-refractivity contribution in [3.05, 3.63) is 40.2 Å². The lowest BCUT2D eigenvalue weighted by Gasteiger charge is -2.54. The molecule has 1 aromatic heterocycles. The molecule has 3 aliphatic carbocycles. The molecule has 0 unspecified atom stereocenters. The van der Waals surface area contributed by atoms with E-state index in [-0.39, 0.29) is 29.6 Å². The van der Waals surface area contributed by atoms with Gasteiger partial charge in [-0.05, 0) is 75.9 Å². The van der Waals surface area contributed by atoms with E-state index in [0.29, 0.717) is 22.5 Å². The summed E-state index contributed by atoms with van der Waals surface area (Å²) in [5.41, 5.74) is -0.245. The smallest absolute Gasteiger partial charge is 0.342 e. The summed E-state index contributed by atoms with van der Waals surface area (Å²) in [6, 6.07) is 0. The molecule has 0 aromatic carbocycles. The molecule has 0 radical (unpaired) electrons. The van der Waals surface area contributed by atoms with Crippen molar-refractivity contribution in [1.29, 1.82) is 0 Å². The molecule has 1 spiro atoms. The molecule has 4 aliphatic rings. The first-order valence-electron chi connectivity index (χ1n) is 14.2. The van der Waals surface area contributed by atoms with E-state index < -0.39 is 40.9 Å². The summed E-state index contributed by atoms with van der Waals surface area (Å²) >= 11 is 0. The summed E-state index contributed by atoms with van der Waals surface area (Å²) in [7, 11) is 1.78. The minimum Gasteiger partial charge on any atom is -0.451 e. The highest BCUT2D eigenvalue weighted by Gasteiger charge is 2.73. The number of ketones is 1.